The molecule has 0 amide bonds. The molecular formula is C19H20BrF3O2. The second kappa shape index (κ2) is 7.36. The van der Waals surface area contributed by atoms with Crippen LogP contribution in [0.1, 0.15) is 31.9 Å². The fourth-order valence-corrected chi connectivity index (χ4v) is 3.63. The normalized spacial score (nSPS) is 21.4. The van der Waals surface area contributed by atoms with Crippen LogP contribution in [0.3, 0.4) is 0 Å². The van der Waals surface area contributed by atoms with Crippen molar-refractivity contribution < 1.29 is 22.7 Å². The summed E-state index contributed by atoms with van der Waals surface area (Å²) in [6.45, 7) is 8.59. The number of carbonyl (C=O) groups excluding carboxylic acids is 1. The molecule has 1 aliphatic rings. The molecule has 25 heavy (non-hydrogen) atoms. The number of allylic oxidation sites excluding steroid dienone is 3. The van der Waals surface area contributed by atoms with Gasteiger partial charge in [0.15, 0.2) is 11.6 Å². The Morgan fingerprint density at radius 3 is 2.40 bits per heavy atom. The molecule has 1 saturated carbocycles. The molecule has 2 nitrogen and oxygen atoms in total. The van der Waals surface area contributed by atoms with Gasteiger partial charge >= 0.3 is 5.97 Å². The van der Waals surface area contributed by atoms with Gasteiger partial charge in [-0.2, -0.15) is 0 Å². The number of hydrogen-bond donors (Lipinski definition) is 0. The maximum atomic E-state index is 14.2. The van der Waals surface area contributed by atoms with Crippen LogP contribution in [0.4, 0.5) is 13.2 Å². The van der Waals surface area contributed by atoms with Crippen molar-refractivity contribution in [3.05, 3.63) is 57.9 Å². The van der Waals surface area contributed by atoms with E-state index in [2.05, 4.69) is 22.5 Å². The zero-order valence-corrected chi connectivity index (χ0v) is 15.9. The predicted molar refractivity (Wildman–Crippen MR) is 93.3 cm³/mol. The lowest BCUT2D eigenvalue weighted by atomic mass is 10.1. The lowest BCUT2D eigenvalue weighted by Crippen LogP contribution is -2.13. The Bertz CT molecular complexity index is 712. The topological polar surface area (TPSA) is 26.3 Å². The summed E-state index contributed by atoms with van der Waals surface area (Å²) in [4.78, 5) is 12.2. The molecule has 2 atom stereocenters. The van der Waals surface area contributed by atoms with Gasteiger partial charge in [0.1, 0.15) is 12.4 Å². The zero-order chi connectivity index (χ0) is 18.9. The number of carbonyl (C=O) groups is 1. The SMILES string of the molecule is C=CCc1c(F)c(F)c(COC(=O)[C@@H]2[C@@H](C=CC)C2(C)C)c(Br)c1F. The van der Waals surface area contributed by atoms with Crippen LogP contribution in [0.15, 0.2) is 29.3 Å². The van der Waals surface area contributed by atoms with Crippen molar-refractivity contribution in [2.75, 3.05) is 0 Å². The maximum Gasteiger partial charge on any atom is 0.310 e. The van der Waals surface area contributed by atoms with Crippen molar-refractivity contribution >= 4 is 21.9 Å². The molecule has 1 fully saturated rings. The first-order valence-electron chi connectivity index (χ1n) is 7.92. The highest BCUT2D eigenvalue weighted by Crippen LogP contribution is 2.59. The van der Waals surface area contributed by atoms with E-state index >= 15 is 0 Å². The van der Waals surface area contributed by atoms with Gasteiger partial charge in [-0.05, 0) is 40.6 Å². The minimum Gasteiger partial charge on any atom is -0.460 e. The molecule has 1 aromatic carbocycles. The molecule has 0 aromatic heterocycles. The van der Waals surface area contributed by atoms with Crippen molar-refractivity contribution in [1.29, 1.82) is 0 Å². The third-order valence-electron chi connectivity index (χ3n) is 4.72. The molecule has 2 rings (SSSR count). The van der Waals surface area contributed by atoms with Crippen LogP contribution in [-0.4, -0.2) is 5.97 Å². The van der Waals surface area contributed by atoms with Gasteiger partial charge in [-0.15, -0.1) is 6.58 Å². The summed E-state index contributed by atoms with van der Waals surface area (Å²) in [7, 11) is 0. The highest BCUT2D eigenvalue weighted by molar-refractivity contribution is 9.10. The third-order valence-corrected chi connectivity index (χ3v) is 5.54. The first kappa shape index (κ1) is 19.8. The quantitative estimate of drug-likeness (QED) is 0.348. The van der Waals surface area contributed by atoms with Crippen molar-refractivity contribution in [2.24, 2.45) is 17.3 Å². The van der Waals surface area contributed by atoms with E-state index in [1.54, 1.807) is 0 Å². The number of esters is 1. The minimum atomic E-state index is -1.29. The second-order valence-corrected chi connectivity index (χ2v) is 7.46. The van der Waals surface area contributed by atoms with Gasteiger partial charge in [0.25, 0.3) is 0 Å². The Kier molecular flexibility index (Phi) is 5.82. The van der Waals surface area contributed by atoms with E-state index < -0.39 is 35.6 Å². The Balaban J connectivity index is 2.19. The highest BCUT2D eigenvalue weighted by atomic mass is 79.9. The smallest absolute Gasteiger partial charge is 0.310 e. The van der Waals surface area contributed by atoms with Gasteiger partial charge in [0.2, 0.25) is 0 Å². The molecule has 0 bridgehead atoms. The van der Waals surface area contributed by atoms with Crippen LogP contribution in [0.2, 0.25) is 0 Å². The third kappa shape index (κ3) is 3.54. The first-order chi connectivity index (χ1) is 11.7. The highest BCUT2D eigenvalue weighted by Gasteiger charge is 2.61. The summed E-state index contributed by atoms with van der Waals surface area (Å²) in [5, 5.41) is 0. The van der Waals surface area contributed by atoms with E-state index in [0.717, 1.165) is 0 Å². The molecule has 0 unspecified atom stereocenters. The lowest BCUT2D eigenvalue weighted by molar-refractivity contribution is -0.147. The van der Waals surface area contributed by atoms with E-state index in [4.69, 9.17) is 4.74 Å². The molecule has 1 aliphatic carbocycles. The van der Waals surface area contributed by atoms with Crippen LogP contribution in [0.25, 0.3) is 0 Å². The molecule has 0 N–H and O–H groups in total. The summed E-state index contributed by atoms with van der Waals surface area (Å²) >= 11 is 2.93. The van der Waals surface area contributed by atoms with Gasteiger partial charge in [-0.3, -0.25) is 4.79 Å². The minimum absolute atomic E-state index is 0.0433. The van der Waals surface area contributed by atoms with Crippen molar-refractivity contribution in [1.82, 2.24) is 0 Å². The fraction of sp³-hybridized carbons (Fsp3) is 0.421. The van der Waals surface area contributed by atoms with Crippen LogP contribution in [0.5, 0.6) is 0 Å². The lowest BCUT2D eigenvalue weighted by Gasteiger charge is -2.13. The van der Waals surface area contributed by atoms with Gasteiger partial charge < -0.3 is 4.74 Å². The zero-order valence-electron chi connectivity index (χ0n) is 14.3. The largest absolute Gasteiger partial charge is 0.460 e. The van der Waals surface area contributed by atoms with Gasteiger partial charge in [0, 0.05) is 11.1 Å². The van der Waals surface area contributed by atoms with Crippen molar-refractivity contribution in [3.8, 4) is 0 Å². The summed E-state index contributed by atoms with van der Waals surface area (Å²) < 4.78 is 47.4. The number of ether oxygens (including phenoxy) is 1. The van der Waals surface area contributed by atoms with Crippen molar-refractivity contribution in [3.63, 3.8) is 0 Å². The number of hydrogen-bond acceptors (Lipinski definition) is 2. The maximum absolute atomic E-state index is 14.2. The molecule has 0 radical (unpaired) electrons. The van der Waals surface area contributed by atoms with Crippen LogP contribution in [0, 0.1) is 34.7 Å². The molecule has 0 spiro atoms. The number of rotatable bonds is 6. The Labute approximate surface area is 153 Å². The Morgan fingerprint density at radius 2 is 1.84 bits per heavy atom. The molecule has 0 heterocycles. The van der Waals surface area contributed by atoms with Crippen LogP contribution >= 0.6 is 15.9 Å². The summed E-state index contributed by atoms with van der Waals surface area (Å²) in [6.07, 6.45) is 4.92. The molecule has 1 aromatic rings. The van der Waals surface area contributed by atoms with Gasteiger partial charge in [-0.25, -0.2) is 13.2 Å². The molecule has 6 heteroatoms. The van der Waals surface area contributed by atoms with E-state index in [1.807, 2.05) is 32.9 Å². The van der Waals surface area contributed by atoms with Gasteiger partial charge in [0.05, 0.1) is 10.4 Å². The monoisotopic (exact) mass is 416 g/mol. The van der Waals surface area contributed by atoms with Crippen LogP contribution < -0.4 is 0 Å². The van der Waals surface area contributed by atoms with E-state index in [-0.39, 0.29) is 33.7 Å². The number of benzene rings is 1. The van der Waals surface area contributed by atoms with E-state index in [0.29, 0.717) is 0 Å². The fourth-order valence-electron chi connectivity index (χ4n) is 3.10. The summed E-state index contributed by atoms with van der Waals surface area (Å²) in [5.41, 5.74) is -1.01. The average molecular weight is 417 g/mol. The summed E-state index contributed by atoms with van der Waals surface area (Å²) in [5.74, 6) is -4.23. The second-order valence-electron chi connectivity index (χ2n) is 6.66. The standard InChI is InChI=1S/C19H20BrF3O2/c1-5-7-10-15(21)14(20)11(17(23)16(10)22)9-25-18(24)13-12(8-6-2)19(13,3)4/h5-6,8,12-13H,1,7,9H2,2-4H3/t12-,13+/m1/s1. The van der Waals surface area contributed by atoms with Crippen LogP contribution in [-0.2, 0) is 22.6 Å². The Morgan fingerprint density at radius 1 is 1.24 bits per heavy atom. The average Bonchev–Trinajstić information content (AvgIpc) is 3.10. The van der Waals surface area contributed by atoms with E-state index in [1.165, 1.54) is 6.08 Å². The van der Waals surface area contributed by atoms with Gasteiger partial charge in [-0.1, -0.05) is 32.1 Å². The number of halogens is 4. The molecule has 0 saturated heterocycles. The molecular weight excluding hydrogens is 397 g/mol. The predicted octanol–water partition coefficient (Wildman–Crippen LogP) is 5.49. The Hall–Kier alpha value is -1.56. The first-order valence-corrected chi connectivity index (χ1v) is 8.71. The summed E-state index contributed by atoms with van der Waals surface area (Å²) in [6, 6.07) is 0. The molecule has 136 valence electrons. The molecule has 0 aliphatic heterocycles. The van der Waals surface area contributed by atoms with Crippen molar-refractivity contribution in [2.45, 2.75) is 33.8 Å². The van der Waals surface area contributed by atoms with E-state index in [9.17, 15) is 18.0 Å².